The van der Waals surface area contributed by atoms with Crippen LogP contribution in [-0.2, 0) is 11.3 Å². The van der Waals surface area contributed by atoms with Gasteiger partial charge in [0, 0.05) is 12.2 Å². The molecule has 1 amide bonds. The van der Waals surface area contributed by atoms with Crippen molar-refractivity contribution in [3.8, 4) is 5.75 Å². The van der Waals surface area contributed by atoms with Gasteiger partial charge in [0.2, 0.25) is 5.91 Å². The molecular weight excluding hydrogens is 427 g/mol. The SMILES string of the molecule is C=CCn1c(SCC(=O)Nc2ccc(F)c(Cl)c2)nnc1C(C)Oc1ccccc1. The van der Waals surface area contributed by atoms with Crippen LogP contribution in [0.2, 0.25) is 5.02 Å². The van der Waals surface area contributed by atoms with Crippen LogP contribution in [0.1, 0.15) is 18.9 Å². The molecule has 0 aliphatic rings. The highest BCUT2D eigenvalue weighted by Gasteiger charge is 2.19. The van der Waals surface area contributed by atoms with Crippen molar-refractivity contribution in [2.24, 2.45) is 0 Å². The second-order valence-corrected chi connectivity index (χ2v) is 7.63. The number of anilines is 1. The Hall–Kier alpha value is -2.84. The fourth-order valence-corrected chi connectivity index (χ4v) is 3.60. The predicted molar refractivity (Wildman–Crippen MR) is 116 cm³/mol. The molecule has 0 spiro atoms. The minimum Gasteiger partial charge on any atom is -0.483 e. The molecule has 0 aliphatic heterocycles. The maximum absolute atomic E-state index is 13.2. The largest absolute Gasteiger partial charge is 0.483 e. The number of thioether (sulfide) groups is 1. The first-order chi connectivity index (χ1) is 14.5. The Morgan fingerprint density at radius 1 is 1.33 bits per heavy atom. The number of nitrogens with one attached hydrogen (secondary N) is 1. The van der Waals surface area contributed by atoms with Crippen LogP contribution in [0.3, 0.4) is 0 Å². The van der Waals surface area contributed by atoms with E-state index >= 15 is 0 Å². The molecule has 156 valence electrons. The van der Waals surface area contributed by atoms with E-state index in [0.29, 0.717) is 23.2 Å². The van der Waals surface area contributed by atoms with E-state index in [-0.39, 0.29) is 22.8 Å². The number of ether oxygens (including phenoxy) is 1. The Balaban J connectivity index is 1.66. The van der Waals surface area contributed by atoms with Gasteiger partial charge in [-0.25, -0.2) is 4.39 Å². The molecule has 30 heavy (non-hydrogen) atoms. The molecule has 3 aromatic rings. The van der Waals surface area contributed by atoms with Gasteiger partial charge in [-0.15, -0.1) is 16.8 Å². The lowest BCUT2D eigenvalue weighted by Crippen LogP contribution is -2.15. The third-order valence-corrected chi connectivity index (χ3v) is 5.27. The molecular formula is C21H20ClFN4O2S. The van der Waals surface area contributed by atoms with E-state index in [0.717, 1.165) is 5.75 Å². The number of halogens is 2. The molecule has 1 heterocycles. The van der Waals surface area contributed by atoms with Crippen LogP contribution < -0.4 is 10.1 Å². The van der Waals surface area contributed by atoms with Gasteiger partial charge >= 0.3 is 0 Å². The summed E-state index contributed by atoms with van der Waals surface area (Å²) in [5, 5.41) is 11.6. The second-order valence-electron chi connectivity index (χ2n) is 6.28. The number of rotatable bonds is 9. The minimum atomic E-state index is -0.541. The van der Waals surface area contributed by atoms with Gasteiger partial charge in [-0.3, -0.25) is 9.36 Å². The summed E-state index contributed by atoms with van der Waals surface area (Å²) in [7, 11) is 0. The second kappa shape index (κ2) is 10.3. The van der Waals surface area contributed by atoms with Gasteiger partial charge < -0.3 is 10.1 Å². The Labute approximate surface area is 183 Å². The Kier molecular flexibility index (Phi) is 7.48. The quantitative estimate of drug-likeness (QED) is 0.364. The van der Waals surface area contributed by atoms with Crippen molar-refractivity contribution >= 4 is 35.0 Å². The first-order valence-electron chi connectivity index (χ1n) is 9.11. The minimum absolute atomic E-state index is 0.0526. The molecule has 6 nitrogen and oxygen atoms in total. The number of amides is 1. The van der Waals surface area contributed by atoms with Gasteiger partial charge in [0.1, 0.15) is 11.6 Å². The van der Waals surface area contributed by atoms with Crippen molar-refractivity contribution in [3.05, 3.63) is 77.9 Å². The first kappa shape index (κ1) is 21.9. The van der Waals surface area contributed by atoms with E-state index in [2.05, 4.69) is 22.1 Å². The van der Waals surface area contributed by atoms with E-state index < -0.39 is 5.82 Å². The molecule has 0 saturated heterocycles. The van der Waals surface area contributed by atoms with Crippen LogP contribution in [0, 0.1) is 5.82 Å². The summed E-state index contributed by atoms with van der Waals surface area (Å²) in [6.45, 7) is 6.14. The fourth-order valence-electron chi connectivity index (χ4n) is 2.67. The number of nitrogens with zero attached hydrogens (tertiary/aromatic N) is 3. The molecule has 9 heteroatoms. The summed E-state index contributed by atoms with van der Waals surface area (Å²) in [5.41, 5.74) is 0.421. The molecule has 1 N–H and O–H groups in total. The predicted octanol–water partition coefficient (Wildman–Crippen LogP) is 5.13. The van der Waals surface area contributed by atoms with Crippen molar-refractivity contribution in [1.82, 2.24) is 14.8 Å². The standard InChI is InChI=1S/C21H20ClFN4O2S/c1-3-11-27-20(14(2)29-16-7-5-4-6-8-16)25-26-21(27)30-13-19(28)24-15-9-10-18(23)17(22)12-15/h3-10,12,14H,1,11,13H2,2H3,(H,24,28). The van der Waals surface area contributed by atoms with E-state index in [9.17, 15) is 9.18 Å². The zero-order valence-electron chi connectivity index (χ0n) is 16.2. The van der Waals surface area contributed by atoms with Crippen LogP contribution in [-0.4, -0.2) is 26.4 Å². The maximum atomic E-state index is 13.2. The fraction of sp³-hybridized carbons (Fsp3) is 0.190. The van der Waals surface area contributed by atoms with Gasteiger partial charge in [-0.1, -0.05) is 47.6 Å². The molecule has 0 bridgehead atoms. The Morgan fingerprint density at radius 2 is 2.10 bits per heavy atom. The molecule has 0 fully saturated rings. The molecule has 2 aromatic carbocycles. The number of allylic oxidation sites excluding steroid dienone is 1. The van der Waals surface area contributed by atoms with Gasteiger partial charge in [0.15, 0.2) is 17.1 Å². The van der Waals surface area contributed by atoms with Crippen LogP contribution in [0.4, 0.5) is 10.1 Å². The summed E-state index contributed by atoms with van der Waals surface area (Å²) in [5.74, 6) is 0.640. The van der Waals surface area contributed by atoms with Crippen LogP contribution in [0.25, 0.3) is 0 Å². The van der Waals surface area contributed by atoms with Crippen molar-refractivity contribution in [2.45, 2.75) is 24.7 Å². The highest BCUT2D eigenvalue weighted by atomic mass is 35.5. The molecule has 3 rings (SSSR count). The summed E-state index contributed by atoms with van der Waals surface area (Å²) < 4.78 is 21.0. The Bertz CT molecular complexity index is 1030. The van der Waals surface area contributed by atoms with Crippen molar-refractivity contribution in [3.63, 3.8) is 0 Å². The molecule has 0 radical (unpaired) electrons. The normalized spacial score (nSPS) is 11.7. The van der Waals surface area contributed by atoms with Gasteiger partial charge in [-0.05, 0) is 37.3 Å². The summed E-state index contributed by atoms with van der Waals surface area (Å²) >= 11 is 6.97. The topological polar surface area (TPSA) is 69.0 Å². The monoisotopic (exact) mass is 446 g/mol. The lowest BCUT2D eigenvalue weighted by molar-refractivity contribution is -0.113. The highest BCUT2D eigenvalue weighted by molar-refractivity contribution is 7.99. The number of hydrogen-bond acceptors (Lipinski definition) is 5. The molecule has 1 unspecified atom stereocenters. The summed E-state index contributed by atoms with van der Waals surface area (Å²) in [6, 6.07) is 13.4. The molecule has 0 aliphatic carbocycles. The maximum Gasteiger partial charge on any atom is 0.234 e. The molecule has 1 atom stereocenters. The first-order valence-corrected chi connectivity index (χ1v) is 10.5. The summed E-state index contributed by atoms with van der Waals surface area (Å²) in [4.78, 5) is 12.3. The molecule has 1 aromatic heterocycles. The van der Waals surface area contributed by atoms with E-state index in [1.165, 1.54) is 30.0 Å². The number of benzene rings is 2. The number of hydrogen-bond donors (Lipinski definition) is 1. The third kappa shape index (κ3) is 5.61. The van der Waals surface area contributed by atoms with Crippen molar-refractivity contribution in [2.75, 3.05) is 11.1 Å². The number of para-hydroxylation sites is 1. The smallest absolute Gasteiger partial charge is 0.234 e. The lowest BCUT2D eigenvalue weighted by Gasteiger charge is -2.15. The van der Waals surface area contributed by atoms with E-state index in [1.54, 1.807) is 6.08 Å². The van der Waals surface area contributed by atoms with Crippen LogP contribution >= 0.6 is 23.4 Å². The van der Waals surface area contributed by atoms with Gasteiger partial charge in [0.25, 0.3) is 0 Å². The Morgan fingerprint density at radius 3 is 2.80 bits per heavy atom. The lowest BCUT2D eigenvalue weighted by atomic mass is 10.3. The molecule has 0 saturated carbocycles. The van der Waals surface area contributed by atoms with E-state index in [1.807, 2.05) is 41.8 Å². The van der Waals surface area contributed by atoms with Gasteiger partial charge in [0.05, 0.1) is 10.8 Å². The number of aromatic nitrogens is 3. The number of carbonyl (C=O) groups is 1. The van der Waals surface area contributed by atoms with Gasteiger partial charge in [-0.2, -0.15) is 0 Å². The van der Waals surface area contributed by atoms with Crippen molar-refractivity contribution in [1.29, 1.82) is 0 Å². The highest BCUT2D eigenvalue weighted by Crippen LogP contribution is 2.25. The third-order valence-electron chi connectivity index (χ3n) is 4.01. The van der Waals surface area contributed by atoms with E-state index in [4.69, 9.17) is 16.3 Å². The zero-order valence-corrected chi connectivity index (χ0v) is 17.8. The average Bonchev–Trinajstić information content (AvgIpc) is 3.13. The van der Waals surface area contributed by atoms with Crippen LogP contribution in [0.5, 0.6) is 5.75 Å². The average molecular weight is 447 g/mol. The van der Waals surface area contributed by atoms with Crippen molar-refractivity contribution < 1.29 is 13.9 Å². The number of carbonyl (C=O) groups excluding carboxylic acids is 1. The zero-order chi connectivity index (χ0) is 21.5. The summed E-state index contributed by atoms with van der Waals surface area (Å²) in [6.07, 6.45) is 1.39. The van der Waals surface area contributed by atoms with Crippen LogP contribution in [0.15, 0.2) is 66.3 Å².